The number of rotatable bonds is 3. The van der Waals surface area contributed by atoms with Crippen LogP contribution in [0.4, 0.5) is 0 Å². The largest absolute Gasteiger partial charge is 0.375 e. The molecule has 0 bridgehead atoms. The Morgan fingerprint density at radius 3 is 2.71 bits per heavy atom. The second-order valence-electron chi connectivity index (χ2n) is 7.18. The van der Waals surface area contributed by atoms with Gasteiger partial charge in [-0.1, -0.05) is 12.1 Å². The summed E-state index contributed by atoms with van der Waals surface area (Å²) in [6.45, 7) is 0.609. The van der Waals surface area contributed by atoms with Crippen molar-refractivity contribution in [3.05, 3.63) is 70.8 Å². The number of allylic oxidation sites excluding steroid dienone is 1. The molecule has 28 heavy (non-hydrogen) atoms. The van der Waals surface area contributed by atoms with Crippen LogP contribution in [0.3, 0.4) is 0 Å². The molecule has 1 aliphatic heterocycles. The van der Waals surface area contributed by atoms with Gasteiger partial charge >= 0.3 is 0 Å². The van der Waals surface area contributed by atoms with Crippen molar-refractivity contribution in [2.75, 3.05) is 13.2 Å². The number of aromatic nitrogens is 2. The molecule has 1 atom stereocenters. The van der Waals surface area contributed by atoms with E-state index in [-0.39, 0.29) is 11.6 Å². The summed E-state index contributed by atoms with van der Waals surface area (Å²) in [5.74, 6) is -0.199. The summed E-state index contributed by atoms with van der Waals surface area (Å²) in [6.07, 6.45) is 10.5. The van der Waals surface area contributed by atoms with E-state index in [4.69, 9.17) is 4.74 Å². The number of carbonyl (C=O) groups is 2. The zero-order chi connectivity index (χ0) is 19.3. The molecule has 4 rings (SSSR count). The predicted octanol–water partition coefficient (Wildman–Crippen LogP) is 3.77. The summed E-state index contributed by atoms with van der Waals surface area (Å²) in [4.78, 5) is 33.8. The molecular formula is C23H22N2O3. The van der Waals surface area contributed by atoms with E-state index in [1.807, 2.05) is 42.5 Å². The first-order valence-corrected chi connectivity index (χ1v) is 9.64. The summed E-state index contributed by atoms with van der Waals surface area (Å²) in [7, 11) is 0. The van der Waals surface area contributed by atoms with E-state index in [2.05, 4.69) is 9.97 Å². The molecule has 0 aromatic carbocycles. The number of ether oxygens (including phenoxy) is 1. The van der Waals surface area contributed by atoms with Gasteiger partial charge in [0.25, 0.3) is 0 Å². The zero-order valence-electron chi connectivity index (χ0n) is 15.6. The highest BCUT2D eigenvalue weighted by molar-refractivity contribution is 6.04. The van der Waals surface area contributed by atoms with Crippen LogP contribution < -0.4 is 0 Å². The molecule has 1 aliphatic carbocycles. The van der Waals surface area contributed by atoms with Crippen molar-refractivity contribution >= 4 is 23.7 Å². The highest BCUT2D eigenvalue weighted by atomic mass is 16.5. The first-order valence-electron chi connectivity index (χ1n) is 9.64. The smallest absolute Gasteiger partial charge is 0.172 e. The summed E-state index contributed by atoms with van der Waals surface area (Å²) in [6, 6.07) is 9.35. The Labute approximate surface area is 164 Å². The van der Waals surface area contributed by atoms with Crippen LogP contribution >= 0.6 is 0 Å². The molecule has 2 fully saturated rings. The molecule has 0 radical (unpaired) electrons. The Kier molecular flexibility index (Phi) is 5.53. The number of carbonyl (C=O) groups excluding carboxylic acids is 2. The fourth-order valence-electron chi connectivity index (χ4n) is 3.63. The van der Waals surface area contributed by atoms with E-state index in [9.17, 15) is 9.59 Å². The standard InChI is InChI=1S/C23H22N2O3/c26-22-9-2-1-6-17(22)12-19-7-3-8-21(25-19)20-15-28-14-18(23(20)27)11-16-5-4-10-24-13-16/h3-5,7-8,10-13,20H,1-2,6,9,14-15H2/b17-12+,18-11+. The Hall–Kier alpha value is -2.92. The van der Waals surface area contributed by atoms with E-state index in [1.54, 1.807) is 12.4 Å². The van der Waals surface area contributed by atoms with Crippen molar-refractivity contribution < 1.29 is 14.3 Å². The minimum atomic E-state index is -0.433. The normalized spacial score (nSPS) is 23.4. The van der Waals surface area contributed by atoms with E-state index in [0.29, 0.717) is 30.9 Å². The monoisotopic (exact) mass is 374 g/mol. The Morgan fingerprint density at radius 2 is 1.89 bits per heavy atom. The van der Waals surface area contributed by atoms with E-state index < -0.39 is 5.92 Å². The number of pyridine rings is 2. The van der Waals surface area contributed by atoms with Crippen LogP contribution in [0.15, 0.2) is 53.9 Å². The average Bonchev–Trinajstić information content (AvgIpc) is 2.72. The highest BCUT2D eigenvalue weighted by Gasteiger charge is 2.30. The van der Waals surface area contributed by atoms with Crippen LogP contribution in [0.1, 0.15) is 48.6 Å². The van der Waals surface area contributed by atoms with Crippen LogP contribution in [0.25, 0.3) is 12.2 Å². The van der Waals surface area contributed by atoms with E-state index in [0.717, 1.165) is 36.1 Å². The van der Waals surface area contributed by atoms with Gasteiger partial charge in [0, 0.05) is 24.4 Å². The van der Waals surface area contributed by atoms with Crippen LogP contribution in [-0.4, -0.2) is 34.7 Å². The molecule has 0 N–H and O–H groups in total. The number of Topliss-reactive ketones (excluding diaryl/α,β-unsaturated/α-hetero) is 2. The third-order valence-electron chi connectivity index (χ3n) is 5.13. The molecule has 0 amide bonds. The van der Waals surface area contributed by atoms with Gasteiger partial charge in [0.15, 0.2) is 11.6 Å². The van der Waals surface area contributed by atoms with Crippen LogP contribution in [-0.2, 0) is 14.3 Å². The second kappa shape index (κ2) is 8.40. The maximum atomic E-state index is 13.0. The number of ketones is 2. The van der Waals surface area contributed by atoms with Gasteiger partial charge < -0.3 is 4.74 Å². The Bertz CT molecular complexity index is 947. The minimum absolute atomic E-state index is 0.0288. The Morgan fingerprint density at radius 1 is 1.00 bits per heavy atom. The lowest BCUT2D eigenvalue weighted by molar-refractivity contribution is -0.121. The minimum Gasteiger partial charge on any atom is -0.375 e. The molecule has 1 saturated carbocycles. The van der Waals surface area contributed by atoms with Crippen molar-refractivity contribution in [2.45, 2.75) is 31.6 Å². The zero-order valence-corrected chi connectivity index (χ0v) is 15.6. The molecule has 142 valence electrons. The van der Waals surface area contributed by atoms with Gasteiger partial charge in [-0.2, -0.15) is 0 Å². The van der Waals surface area contributed by atoms with E-state index in [1.165, 1.54) is 0 Å². The lowest BCUT2D eigenvalue weighted by Gasteiger charge is -2.23. The molecule has 2 aliphatic rings. The van der Waals surface area contributed by atoms with Crippen molar-refractivity contribution in [1.82, 2.24) is 9.97 Å². The van der Waals surface area contributed by atoms with Gasteiger partial charge in [-0.05, 0) is 60.8 Å². The van der Waals surface area contributed by atoms with Crippen molar-refractivity contribution in [3.63, 3.8) is 0 Å². The first-order chi connectivity index (χ1) is 13.7. The van der Waals surface area contributed by atoms with Crippen molar-refractivity contribution in [2.24, 2.45) is 0 Å². The summed E-state index contributed by atoms with van der Waals surface area (Å²) >= 11 is 0. The molecule has 5 nitrogen and oxygen atoms in total. The highest BCUT2D eigenvalue weighted by Crippen LogP contribution is 2.27. The summed E-state index contributed by atoms with van der Waals surface area (Å²) in [5.41, 5.74) is 3.73. The molecule has 0 spiro atoms. The lowest BCUT2D eigenvalue weighted by Crippen LogP contribution is -2.29. The molecule has 3 heterocycles. The van der Waals surface area contributed by atoms with Gasteiger partial charge in [0.1, 0.15) is 0 Å². The maximum Gasteiger partial charge on any atom is 0.172 e. The number of hydrogen-bond donors (Lipinski definition) is 0. The predicted molar refractivity (Wildman–Crippen MR) is 106 cm³/mol. The molecule has 2 aromatic rings. The van der Waals surface area contributed by atoms with Gasteiger partial charge in [0.2, 0.25) is 0 Å². The van der Waals surface area contributed by atoms with E-state index >= 15 is 0 Å². The fraction of sp³-hybridized carbons (Fsp3) is 0.304. The van der Waals surface area contributed by atoms with Crippen LogP contribution in [0, 0.1) is 0 Å². The first kappa shape index (κ1) is 18.4. The number of hydrogen-bond acceptors (Lipinski definition) is 5. The van der Waals surface area contributed by atoms with Gasteiger partial charge in [-0.15, -0.1) is 0 Å². The lowest BCUT2D eigenvalue weighted by atomic mass is 9.91. The molecule has 1 unspecified atom stereocenters. The van der Waals surface area contributed by atoms with Crippen LogP contribution in [0.5, 0.6) is 0 Å². The Balaban J connectivity index is 1.58. The molecular weight excluding hydrogens is 352 g/mol. The SMILES string of the molecule is O=C1CCCC/C1=C\c1cccc(C2COC/C(=C\c3cccnc3)C2=O)n1. The summed E-state index contributed by atoms with van der Waals surface area (Å²) < 4.78 is 5.68. The van der Waals surface area contributed by atoms with Gasteiger partial charge in [0.05, 0.1) is 30.5 Å². The number of nitrogens with zero attached hydrogens (tertiary/aromatic N) is 2. The van der Waals surface area contributed by atoms with Gasteiger partial charge in [-0.3, -0.25) is 19.6 Å². The van der Waals surface area contributed by atoms with Gasteiger partial charge in [-0.25, -0.2) is 0 Å². The summed E-state index contributed by atoms with van der Waals surface area (Å²) in [5, 5.41) is 0. The third kappa shape index (κ3) is 4.15. The quantitative estimate of drug-likeness (QED) is 0.765. The average molecular weight is 374 g/mol. The molecule has 5 heteroatoms. The molecule has 1 saturated heterocycles. The fourth-order valence-corrected chi connectivity index (χ4v) is 3.63. The van der Waals surface area contributed by atoms with Crippen LogP contribution in [0.2, 0.25) is 0 Å². The van der Waals surface area contributed by atoms with Crippen molar-refractivity contribution in [3.8, 4) is 0 Å². The third-order valence-corrected chi connectivity index (χ3v) is 5.13. The topological polar surface area (TPSA) is 69.2 Å². The van der Waals surface area contributed by atoms with Crippen molar-refractivity contribution in [1.29, 1.82) is 0 Å². The molecule has 2 aromatic heterocycles. The maximum absolute atomic E-state index is 13.0. The second-order valence-corrected chi connectivity index (χ2v) is 7.18.